The lowest BCUT2D eigenvalue weighted by molar-refractivity contribution is -0.124. The second-order valence-corrected chi connectivity index (χ2v) is 8.85. The summed E-state index contributed by atoms with van der Waals surface area (Å²) in [5, 5.41) is 3.05. The summed E-state index contributed by atoms with van der Waals surface area (Å²) in [4.78, 5) is 29.1. The quantitative estimate of drug-likeness (QED) is 0.544. The molecule has 0 unspecified atom stereocenters. The van der Waals surface area contributed by atoms with Crippen molar-refractivity contribution >= 4 is 11.8 Å². The van der Waals surface area contributed by atoms with Crippen molar-refractivity contribution in [2.75, 3.05) is 19.8 Å². The van der Waals surface area contributed by atoms with Gasteiger partial charge in [0.25, 0.3) is 5.91 Å². The summed E-state index contributed by atoms with van der Waals surface area (Å²) in [5.74, 6) is 2.05. The van der Waals surface area contributed by atoms with Gasteiger partial charge in [0.15, 0.2) is 11.5 Å². The van der Waals surface area contributed by atoms with Crippen LogP contribution in [0.2, 0.25) is 0 Å². The third-order valence-corrected chi connectivity index (χ3v) is 6.70. The van der Waals surface area contributed by atoms with Crippen molar-refractivity contribution in [1.29, 1.82) is 0 Å². The molecule has 3 aromatic rings. The highest BCUT2D eigenvalue weighted by Crippen LogP contribution is 2.48. The van der Waals surface area contributed by atoms with E-state index >= 15 is 0 Å². The highest BCUT2D eigenvalue weighted by atomic mass is 16.5. The van der Waals surface area contributed by atoms with Gasteiger partial charge in [0.2, 0.25) is 5.91 Å². The lowest BCUT2D eigenvalue weighted by atomic mass is 9.75. The van der Waals surface area contributed by atoms with Gasteiger partial charge in [0.1, 0.15) is 11.5 Å². The van der Waals surface area contributed by atoms with Crippen LogP contribution < -0.4 is 14.8 Å². The molecule has 0 saturated carbocycles. The minimum Gasteiger partial charge on any atom is -0.490 e. The predicted octanol–water partition coefficient (Wildman–Crippen LogP) is 4.54. The summed E-state index contributed by atoms with van der Waals surface area (Å²) in [6.45, 7) is 7.57. The Labute approximate surface area is 205 Å². The van der Waals surface area contributed by atoms with Crippen LogP contribution in [0.5, 0.6) is 11.5 Å². The summed E-state index contributed by atoms with van der Waals surface area (Å²) in [6.07, 6.45) is 0.687. The first-order valence-corrected chi connectivity index (χ1v) is 12.2. The number of nitrogens with one attached hydrogen (secondary N) is 1. The largest absolute Gasteiger partial charge is 0.490 e. The molecule has 1 aromatic heterocycles. The van der Waals surface area contributed by atoms with Gasteiger partial charge < -0.3 is 24.1 Å². The third-order valence-electron chi connectivity index (χ3n) is 6.70. The van der Waals surface area contributed by atoms with Crippen LogP contribution in [0, 0.1) is 6.92 Å². The van der Waals surface area contributed by atoms with Crippen LogP contribution in [0.1, 0.15) is 64.4 Å². The van der Waals surface area contributed by atoms with Gasteiger partial charge in [-0.3, -0.25) is 9.59 Å². The normalized spacial score (nSPS) is 18.4. The van der Waals surface area contributed by atoms with Crippen LogP contribution in [-0.4, -0.2) is 36.5 Å². The second kappa shape index (κ2) is 9.49. The number of rotatable bonds is 7. The average molecular weight is 475 g/mol. The number of benzene rings is 2. The van der Waals surface area contributed by atoms with Crippen molar-refractivity contribution in [3.63, 3.8) is 0 Å². The molecule has 2 amide bonds. The summed E-state index contributed by atoms with van der Waals surface area (Å²) in [7, 11) is 0. The van der Waals surface area contributed by atoms with Gasteiger partial charge in [-0.25, -0.2) is 0 Å². The van der Waals surface area contributed by atoms with Crippen molar-refractivity contribution in [1.82, 2.24) is 10.2 Å². The molecule has 1 N–H and O–H groups in total. The number of fused-ring (bicyclic) bond motifs is 4. The van der Waals surface area contributed by atoms with E-state index in [2.05, 4.69) is 5.32 Å². The third kappa shape index (κ3) is 4.16. The first kappa shape index (κ1) is 23.0. The van der Waals surface area contributed by atoms with Gasteiger partial charge >= 0.3 is 0 Å². The Balaban J connectivity index is 1.58. The molecule has 2 aromatic carbocycles. The molecule has 0 fully saturated rings. The topological polar surface area (TPSA) is 81.0 Å². The number of furan rings is 1. The number of carbonyl (C=O) groups is 2. The van der Waals surface area contributed by atoms with Gasteiger partial charge in [-0.15, -0.1) is 0 Å². The fourth-order valence-corrected chi connectivity index (χ4v) is 5.22. The molecule has 2 aliphatic heterocycles. The van der Waals surface area contributed by atoms with Crippen molar-refractivity contribution < 1.29 is 23.5 Å². The highest BCUT2D eigenvalue weighted by Gasteiger charge is 2.46. The Bertz CT molecular complexity index is 1260. The molecule has 5 rings (SSSR count). The first-order valence-electron chi connectivity index (χ1n) is 12.2. The van der Waals surface area contributed by atoms with Crippen molar-refractivity contribution in [3.8, 4) is 11.5 Å². The van der Waals surface area contributed by atoms with E-state index in [1.807, 2.05) is 74.2 Å². The molecular formula is C28H30N2O5. The smallest absolute Gasteiger partial charge is 0.254 e. The van der Waals surface area contributed by atoms with E-state index in [0.717, 1.165) is 22.5 Å². The number of hydrogen-bond acceptors (Lipinski definition) is 5. The van der Waals surface area contributed by atoms with Gasteiger partial charge in [0, 0.05) is 12.1 Å². The van der Waals surface area contributed by atoms with Crippen LogP contribution in [-0.2, 0) is 17.8 Å². The van der Waals surface area contributed by atoms with Crippen LogP contribution in [0.3, 0.4) is 0 Å². The molecule has 182 valence electrons. The van der Waals surface area contributed by atoms with E-state index in [1.165, 1.54) is 0 Å². The molecule has 35 heavy (non-hydrogen) atoms. The van der Waals surface area contributed by atoms with Crippen LogP contribution in [0.25, 0.3) is 0 Å². The zero-order valence-electron chi connectivity index (χ0n) is 20.3. The fraction of sp³-hybridized carbons (Fsp3) is 0.357. The number of carbonyl (C=O) groups excluding carboxylic acids is 2. The zero-order valence-corrected chi connectivity index (χ0v) is 20.3. The maximum absolute atomic E-state index is 13.7. The summed E-state index contributed by atoms with van der Waals surface area (Å²) in [5.41, 5.74) is 3.33. The SMILES string of the molecule is CCOc1cc2c(cc1OCC)[C@@H]1[C@@H](C(=O)NCc3ccc(C)o3)c3ccccc3C(=O)N1CC2. The first-order chi connectivity index (χ1) is 17.0. The standard InChI is InChI=1S/C28H30N2O5/c1-4-33-23-14-18-12-13-30-26(22(18)15-24(23)34-5-2)25(20-8-6-7-9-21(20)28(30)32)27(31)29-16-19-11-10-17(3)35-19/h6-11,14-15,25-26H,4-5,12-13,16H2,1-3H3,(H,29,31)/t25-,26+/m0/s1. The lowest BCUT2D eigenvalue weighted by Gasteiger charge is -2.45. The Morgan fingerprint density at radius 3 is 2.51 bits per heavy atom. The summed E-state index contributed by atoms with van der Waals surface area (Å²) < 4.78 is 17.4. The Morgan fingerprint density at radius 2 is 1.80 bits per heavy atom. The van der Waals surface area contributed by atoms with Crippen LogP contribution in [0.15, 0.2) is 52.9 Å². The molecule has 0 bridgehead atoms. The fourth-order valence-electron chi connectivity index (χ4n) is 5.22. The summed E-state index contributed by atoms with van der Waals surface area (Å²) >= 11 is 0. The molecule has 0 saturated heterocycles. The van der Waals surface area contributed by atoms with Crippen LogP contribution >= 0.6 is 0 Å². The second-order valence-electron chi connectivity index (χ2n) is 8.85. The molecule has 7 heteroatoms. The molecule has 0 spiro atoms. The van der Waals surface area contributed by atoms with Crippen molar-refractivity contribution in [2.45, 2.75) is 45.7 Å². The van der Waals surface area contributed by atoms with Gasteiger partial charge in [-0.2, -0.15) is 0 Å². The van der Waals surface area contributed by atoms with Gasteiger partial charge in [0.05, 0.1) is 31.7 Å². The van der Waals surface area contributed by atoms with E-state index in [0.29, 0.717) is 49.0 Å². The molecule has 2 aliphatic rings. The van der Waals surface area contributed by atoms with E-state index < -0.39 is 12.0 Å². The number of hydrogen-bond donors (Lipinski definition) is 1. The average Bonchev–Trinajstić information content (AvgIpc) is 3.28. The Morgan fingerprint density at radius 1 is 1.06 bits per heavy atom. The molecule has 2 atom stereocenters. The maximum Gasteiger partial charge on any atom is 0.254 e. The van der Waals surface area contributed by atoms with Crippen molar-refractivity contribution in [2.24, 2.45) is 0 Å². The zero-order chi connectivity index (χ0) is 24.5. The molecule has 3 heterocycles. The Kier molecular flexibility index (Phi) is 6.24. The molecule has 0 aliphatic carbocycles. The van der Waals surface area contributed by atoms with Crippen molar-refractivity contribution in [3.05, 3.63) is 82.3 Å². The molecule has 7 nitrogen and oxygen atoms in total. The number of nitrogens with zero attached hydrogens (tertiary/aromatic N) is 1. The number of aryl methyl sites for hydroxylation is 1. The highest BCUT2D eigenvalue weighted by molar-refractivity contribution is 6.01. The van der Waals surface area contributed by atoms with E-state index in [1.54, 1.807) is 0 Å². The summed E-state index contributed by atoms with van der Waals surface area (Å²) in [6, 6.07) is 14.7. The number of amides is 2. The van der Waals surface area contributed by atoms with Gasteiger partial charge in [-0.05, 0) is 74.2 Å². The van der Waals surface area contributed by atoms with E-state index in [9.17, 15) is 9.59 Å². The van der Waals surface area contributed by atoms with Gasteiger partial charge in [-0.1, -0.05) is 18.2 Å². The van der Waals surface area contributed by atoms with E-state index in [4.69, 9.17) is 13.9 Å². The minimum atomic E-state index is -0.563. The lowest BCUT2D eigenvalue weighted by Crippen LogP contribution is -2.50. The number of ether oxygens (including phenoxy) is 2. The predicted molar refractivity (Wildman–Crippen MR) is 131 cm³/mol. The molecular weight excluding hydrogens is 444 g/mol. The van der Waals surface area contributed by atoms with E-state index in [-0.39, 0.29) is 18.4 Å². The van der Waals surface area contributed by atoms with Crippen LogP contribution in [0.4, 0.5) is 0 Å². The minimum absolute atomic E-state index is 0.0474. The molecule has 0 radical (unpaired) electrons. The monoisotopic (exact) mass is 474 g/mol. The maximum atomic E-state index is 13.7. The Hall–Kier alpha value is -3.74.